The smallest absolute Gasteiger partial charge is 0.268 e. The maximum Gasteiger partial charge on any atom is 0.268 e. The van der Waals surface area contributed by atoms with E-state index in [1.165, 1.54) is 12.4 Å². The summed E-state index contributed by atoms with van der Waals surface area (Å²) in [6.07, 6.45) is 0.382. The molecule has 0 radical (unpaired) electrons. The number of carbonyl (C=O) groups excluding carboxylic acids is 1. The van der Waals surface area contributed by atoms with Crippen molar-refractivity contribution in [2.75, 3.05) is 5.32 Å². The second-order valence-electron chi connectivity index (χ2n) is 7.03. The van der Waals surface area contributed by atoms with E-state index < -0.39 is 40.8 Å². The molecule has 4 aromatic rings. The van der Waals surface area contributed by atoms with Crippen molar-refractivity contribution in [1.29, 1.82) is 0 Å². The second-order valence-corrected chi connectivity index (χ2v) is 7.41. The molecule has 1 saturated carbocycles. The van der Waals surface area contributed by atoms with Crippen LogP contribution in [0.4, 0.5) is 23.4 Å². The SMILES string of the molecule is O=C(Nc1cn2cc(-c3c(Cl)c(F)c(C(F)F)c4[nH]ncc34)ccc2n1)C1CC1F. The number of halogens is 5. The Bertz CT molecular complexity index is 1320. The molecule has 1 aliphatic carbocycles. The molecule has 3 heterocycles. The number of hydrogen-bond acceptors (Lipinski definition) is 3. The Morgan fingerprint density at radius 1 is 1.33 bits per heavy atom. The van der Waals surface area contributed by atoms with Crippen LogP contribution in [0.3, 0.4) is 0 Å². The summed E-state index contributed by atoms with van der Waals surface area (Å²) >= 11 is 6.13. The lowest BCUT2D eigenvalue weighted by Crippen LogP contribution is -2.15. The normalized spacial score (nSPS) is 18.5. The fourth-order valence-electron chi connectivity index (χ4n) is 3.48. The molecule has 6 nitrogen and oxygen atoms in total. The van der Waals surface area contributed by atoms with E-state index in [1.807, 2.05) is 0 Å². The van der Waals surface area contributed by atoms with Gasteiger partial charge in [0.05, 0.1) is 34.4 Å². The van der Waals surface area contributed by atoms with Gasteiger partial charge >= 0.3 is 0 Å². The number of benzene rings is 1. The molecule has 1 amide bonds. The van der Waals surface area contributed by atoms with Gasteiger partial charge in [0.15, 0.2) is 11.6 Å². The maximum absolute atomic E-state index is 14.6. The van der Waals surface area contributed by atoms with Crippen LogP contribution in [0.1, 0.15) is 18.4 Å². The van der Waals surface area contributed by atoms with Crippen molar-refractivity contribution < 1.29 is 22.4 Å². The first-order chi connectivity index (χ1) is 14.3. The van der Waals surface area contributed by atoms with Crippen LogP contribution in [0.5, 0.6) is 0 Å². The molecule has 30 heavy (non-hydrogen) atoms. The molecule has 1 aromatic carbocycles. The van der Waals surface area contributed by atoms with E-state index in [0.717, 1.165) is 0 Å². The number of aromatic amines is 1. The van der Waals surface area contributed by atoms with Gasteiger partial charge in [-0.25, -0.2) is 22.5 Å². The van der Waals surface area contributed by atoms with E-state index in [0.29, 0.717) is 11.2 Å². The number of alkyl halides is 3. The fraction of sp³-hybridized carbons (Fsp3) is 0.211. The third-order valence-corrected chi connectivity index (χ3v) is 5.44. The monoisotopic (exact) mass is 437 g/mol. The minimum Gasteiger partial charge on any atom is -0.309 e. The van der Waals surface area contributed by atoms with Gasteiger partial charge in [0.2, 0.25) is 5.91 Å². The van der Waals surface area contributed by atoms with E-state index in [2.05, 4.69) is 20.5 Å². The molecule has 1 fully saturated rings. The molecule has 2 N–H and O–H groups in total. The number of pyridine rings is 1. The predicted octanol–water partition coefficient (Wildman–Crippen LogP) is 4.90. The lowest BCUT2D eigenvalue weighted by atomic mass is 10.00. The minimum absolute atomic E-state index is 0.134. The van der Waals surface area contributed by atoms with Gasteiger partial charge in [0.1, 0.15) is 11.8 Å². The van der Waals surface area contributed by atoms with Gasteiger partial charge in [0.25, 0.3) is 6.43 Å². The van der Waals surface area contributed by atoms with E-state index in [-0.39, 0.29) is 28.7 Å². The molecule has 3 aromatic heterocycles. The highest BCUT2D eigenvalue weighted by Crippen LogP contribution is 2.42. The summed E-state index contributed by atoms with van der Waals surface area (Å²) in [7, 11) is 0. The number of aromatic nitrogens is 4. The number of imidazole rings is 1. The first-order valence-electron chi connectivity index (χ1n) is 8.91. The number of nitrogens with one attached hydrogen (secondary N) is 2. The van der Waals surface area contributed by atoms with E-state index >= 15 is 0 Å². The van der Waals surface area contributed by atoms with Crippen LogP contribution < -0.4 is 5.32 Å². The minimum atomic E-state index is -3.07. The summed E-state index contributed by atoms with van der Waals surface area (Å²) in [4.78, 5) is 16.1. The zero-order chi connectivity index (χ0) is 21.2. The molecule has 0 saturated heterocycles. The molecule has 11 heteroatoms. The highest BCUT2D eigenvalue weighted by Gasteiger charge is 2.43. The van der Waals surface area contributed by atoms with Gasteiger partial charge in [-0.15, -0.1) is 0 Å². The summed E-state index contributed by atoms with van der Waals surface area (Å²) in [5, 5.41) is 8.51. The van der Waals surface area contributed by atoms with Crippen LogP contribution in [0.2, 0.25) is 5.02 Å². The van der Waals surface area contributed by atoms with Crippen molar-refractivity contribution in [2.45, 2.75) is 19.0 Å². The number of anilines is 1. The summed E-state index contributed by atoms with van der Waals surface area (Å²) in [5.74, 6) is -2.09. The van der Waals surface area contributed by atoms with Crippen LogP contribution in [0, 0.1) is 11.7 Å². The average molecular weight is 438 g/mol. The van der Waals surface area contributed by atoms with Crippen LogP contribution in [-0.2, 0) is 4.79 Å². The molecule has 5 rings (SSSR count). The zero-order valence-corrected chi connectivity index (χ0v) is 15.7. The maximum atomic E-state index is 14.6. The number of amides is 1. The molecule has 154 valence electrons. The lowest BCUT2D eigenvalue weighted by Gasteiger charge is -2.12. The number of fused-ring (bicyclic) bond motifs is 2. The summed E-state index contributed by atoms with van der Waals surface area (Å²) < 4.78 is 55.9. The van der Waals surface area contributed by atoms with Gasteiger partial charge in [-0.1, -0.05) is 11.6 Å². The second kappa shape index (κ2) is 6.69. The fourth-order valence-corrected chi connectivity index (χ4v) is 3.79. The predicted molar refractivity (Wildman–Crippen MR) is 102 cm³/mol. The van der Waals surface area contributed by atoms with Crippen molar-refractivity contribution in [2.24, 2.45) is 5.92 Å². The molecule has 2 atom stereocenters. The number of hydrogen-bond donors (Lipinski definition) is 2. The lowest BCUT2D eigenvalue weighted by molar-refractivity contribution is -0.117. The largest absolute Gasteiger partial charge is 0.309 e. The Kier molecular flexibility index (Phi) is 4.21. The first kappa shape index (κ1) is 18.9. The Morgan fingerprint density at radius 3 is 2.80 bits per heavy atom. The Labute approximate surface area is 170 Å². The van der Waals surface area contributed by atoms with Crippen molar-refractivity contribution in [3.05, 3.63) is 47.1 Å². The average Bonchev–Trinajstić information content (AvgIpc) is 3.08. The van der Waals surface area contributed by atoms with E-state index in [4.69, 9.17) is 11.6 Å². The first-order valence-corrected chi connectivity index (χ1v) is 9.29. The van der Waals surface area contributed by atoms with Gasteiger partial charge < -0.3 is 9.72 Å². The molecular weight excluding hydrogens is 426 g/mol. The van der Waals surface area contributed by atoms with Crippen molar-refractivity contribution >= 4 is 39.9 Å². The molecule has 2 unspecified atom stereocenters. The zero-order valence-electron chi connectivity index (χ0n) is 15.0. The van der Waals surface area contributed by atoms with Crippen molar-refractivity contribution in [3.8, 4) is 11.1 Å². The number of nitrogens with zero attached hydrogens (tertiary/aromatic N) is 3. The topological polar surface area (TPSA) is 75.1 Å². The Balaban J connectivity index is 1.59. The quantitative estimate of drug-likeness (QED) is 0.446. The van der Waals surface area contributed by atoms with Gasteiger partial charge in [-0.3, -0.25) is 9.89 Å². The Morgan fingerprint density at radius 2 is 2.10 bits per heavy atom. The van der Waals surface area contributed by atoms with Gasteiger partial charge in [-0.2, -0.15) is 5.10 Å². The highest BCUT2D eigenvalue weighted by molar-refractivity contribution is 6.35. The number of carbonyl (C=O) groups is 1. The van der Waals surface area contributed by atoms with Crippen LogP contribution in [0.15, 0.2) is 30.7 Å². The molecule has 1 aliphatic rings. The number of rotatable bonds is 4. The van der Waals surface area contributed by atoms with Gasteiger partial charge in [-0.05, 0) is 18.6 Å². The third kappa shape index (κ3) is 2.90. The highest BCUT2D eigenvalue weighted by atomic mass is 35.5. The van der Waals surface area contributed by atoms with Crippen LogP contribution in [0.25, 0.3) is 27.7 Å². The van der Waals surface area contributed by atoms with Gasteiger partial charge in [0, 0.05) is 22.7 Å². The molecule has 0 aliphatic heterocycles. The molecular formula is C19H12ClF4N5O. The standard InChI is InChI=1S/C19H12ClF4N5O/c20-15-13(9-4-25-28-17(9)14(16(15)22)18(23)24)7-1-2-12-26-11(6-29(12)5-7)27-19(30)8-3-10(8)21/h1-2,4-6,8,10,18H,3H2,(H,25,28)(H,27,30). The molecule has 0 spiro atoms. The van der Waals surface area contributed by atoms with Crippen LogP contribution in [-0.4, -0.2) is 31.7 Å². The van der Waals surface area contributed by atoms with Crippen molar-refractivity contribution in [1.82, 2.24) is 19.6 Å². The molecule has 0 bridgehead atoms. The van der Waals surface area contributed by atoms with E-state index in [1.54, 1.807) is 22.7 Å². The number of H-pyrrole nitrogens is 1. The van der Waals surface area contributed by atoms with E-state index in [9.17, 15) is 22.4 Å². The summed E-state index contributed by atoms with van der Waals surface area (Å²) in [6.45, 7) is 0. The Hall–Kier alpha value is -3.14. The summed E-state index contributed by atoms with van der Waals surface area (Å²) in [6, 6.07) is 3.20. The summed E-state index contributed by atoms with van der Waals surface area (Å²) in [5.41, 5.74) is 0.120. The van der Waals surface area contributed by atoms with Crippen molar-refractivity contribution in [3.63, 3.8) is 0 Å². The third-order valence-electron chi connectivity index (χ3n) is 5.09. The van der Waals surface area contributed by atoms with Crippen LogP contribution >= 0.6 is 11.6 Å².